The number of nitriles is 2. The number of para-hydroxylation sites is 3. The number of hydrogen-bond donors (Lipinski definition) is 0. The lowest BCUT2D eigenvalue weighted by Crippen LogP contribution is -1.96. The Morgan fingerprint density at radius 1 is 0.429 bits per heavy atom. The van der Waals surface area contributed by atoms with Crippen molar-refractivity contribution in [2.75, 3.05) is 0 Å². The first-order chi connectivity index (χ1) is 20.8. The highest BCUT2D eigenvalue weighted by Crippen LogP contribution is 2.42. The average Bonchev–Trinajstić information content (AvgIpc) is 3.57. The predicted molar refractivity (Wildman–Crippen MR) is 170 cm³/mol. The Labute approximate surface area is 242 Å². The molecule has 8 aromatic rings. The number of aromatic nitrogens is 2. The van der Waals surface area contributed by atoms with E-state index in [9.17, 15) is 10.5 Å². The van der Waals surface area contributed by atoms with Crippen molar-refractivity contribution < 1.29 is 0 Å². The average molecular weight is 535 g/mol. The molecule has 0 atom stereocenters. The first-order valence-corrected chi connectivity index (χ1v) is 13.8. The predicted octanol–water partition coefficient (Wildman–Crippen LogP) is 9.29. The van der Waals surface area contributed by atoms with Gasteiger partial charge in [-0.2, -0.15) is 10.5 Å². The topological polar surface area (TPSA) is 57.4 Å². The van der Waals surface area contributed by atoms with Crippen LogP contribution in [0.1, 0.15) is 11.1 Å². The Kier molecular flexibility index (Phi) is 5.22. The highest BCUT2D eigenvalue weighted by molar-refractivity contribution is 6.28. The van der Waals surface area contributed by atoms with Gasteiger partial charge in [-0.05, 0) is 66.2 Å². The van der Waals surface area contributed by atoms with Crippen LogP contribution in [0, 0.1) is 22.7 Å². The molecule has 0 spiro atoms. The molecule has 0 bridgehead atoms. The molecule has 0 N–H and O–H groups in total. The summed E-state index contributed by atoms with van der Waals surface area (Å²) in [5.74, 6) is 0. The van der Waals surface area contributed by atoms with E-state index in [-0.39, 0.29) is 0 Å². The second kappa shape index (κ2) is 9.24. The summed E-state index contributed by atoms with van der Waals surface area (Å²) in [5.41, 5.74) is 9.12. The SMILES string of the molecule is N#Cc1cccc(C#N)c1-c1cccc(-n2c3ccccc3c3c4c5ccccc5n(-c5ccccc5)c4ccc32)c1. The fraction of sp³-hybridized carbons (Fsp3) is 0. The van der Waals surface area contributed by atoms with Crippen molar-refractivity contribution in [1.82, 2.24) is 9.13 Å². The van der Waals surface area contributed by atoms with Crippen molar-refractivity contribution >= 4 is 43.6 Å². The summed E-state index contributed by atoms with van der Waals surface area (Å²) >= 11 is 0. The fourth-order valence-electron chi connectivity index (χ4n) is 6.50. The maximum absolute atomic E-state index is 9.84. The summed E-state index contributed by atoms with van der Waals surface area (Å²) in [7, 11) is 0. The van der Waals surface area contributed by atoms with E-state index in [1.54, 1.807) is 18.2 Å². The summed E-state index contributed by atoms with van der Waals surface area (Å²) in [6.07, 6.45) is 0. The van der Waals surface area contributed by atoms with E-state index in [0.717, 1.165) is 33.5 Å². The van der Waals surface area contributed by atoms with Gasteiger partial charge >= 0.3 is 0 Å². The molecule has 0 unspecified atom stereocenters. The lowest BCUT2D eigenvalue weighted by Gasteiger charge is -2.12. The Bertz CT molecular complexity index is 2400. The van der Waals surface area contributed by atoms with Gasteiger partial charge in [-0.3, -0.25) is 0 Å². The molecule has 0 saturated heterocycles. The van der Waals surface area contributed by atoms with Gasteiger partial charge in [0.1, 0.15) is 0 Å². The molecular formula is C38H22N4. The van der Waals surface area contributed by atoms with Crippen molar-refractivity contribution in [2.45, 2.75) is 0 Å². The van der Waals surface area contributed by atoms with Gasteiger partial charge in [-0.25, -0.2) is 0 Å². The number of hydrogen-bond acceptors (Lipinski definition) is 2. The van der Waals surface area contributed by atoms with Crippen LogP contribution < -0.4 is 0 Å². The van der Waals surface area contributed by atoms with Crippen LogP contribution in [0.2, 0.25) is 0 Å². The Hall–Kier alpha value is -6.10. The third-order valence-electron chi connectivity index (χ3n) is 8.18. The lowest BCUT2D eigenvalue weighted by atomic mass is 9.95. The van der Waals surface area contributed by atoms with Gasteiger partial charge in [-0.1, -0.05) is 72.8 Å². The molecular weight excluding hydrogens is 512 g/mol. The van der Waals surface area contributed by atoms with Crippen LogP contribution in [0.3, 0.4) is 0 Å². The van der Waals surface area contributed by atoms with Crippen LogP contribution in [0.5, 0.6) is 0 Å². The molecule has 0 aliphatic carbocycles. The quantitative estimate of drug-likeness (QED) is 0.227. The van der Waals surface area contributed by atoms with Crippen LogP contribution in [0.4, 0.5) is 0 Å². The van der Waals surface area contributed by atoms with Crippen LogP contribution in [-0.4, -0.2) is 9.13 Å². The minimum Gasteiger partial charge on any atom is -0.309 e. The largest absolute Gasteiger partial charge is 0.309 e. The summed E-state index contributed by atoms with van der Waals surface area (Å²) < 4.78 is 4.64. The molecule has 194 valence electrons. The summed E-state index contributed by atoms with van der Waals surface area (Å²) in [4.78, 5) is 0. The van der Waals surface area contributed by atoms with Crippen LogP contribution >= 0.6 is 0 Å². The van der Waals surface area contributed by atoms with Gasteiger partial charge in [0.2, 0.25) is 0 Å². The van der Waals surface area contributed by atoms with Gasteiger partial charge in [0.05, 0.1) is 45.3 Å². The van der Waals surface area contributed by atoms with Gasteiger partial charge in [0, 0.05) is 38.5 Å². The lowest BCUT2D eigenvalue weighted by molar-refractivity contribution is 1.17. The van der Waals surface area contributed by atoms with Gasteiger partial charge in [0.15, 0.2) is 0 Å². The third-order valence-corrected chi connectivity index (χ3v) is 8.18. The molecule has 0 fully saturated rings. The van der Waals surface area contributed by atoms with Crippen molar-refractivity contribution in [3.63, 3.8) is 0 Å². The summed E-state index contributed by atoms with van der Waals surface area (Å²) in [5, 5.41) is 24.5. The van der Waals surface area contributed by atoms with E-state index in [4.69, 9.17) is 0 Å². The Morgan fingerprint density at radius 2 is 0.929 bits per heavy atom. The summed E-state index contributed by atoms with van der Waals surface area (Å²) in [6.45, 7) is 0. The van der Waals surface area contributed by atoms with Gasteiger partial charge < -0.3 is 9.13 Å². The van der Waals surface area contributed by atoms with Gasteiger partial charge in [-0.15, -0.1) is 0 Å². The maximum Gasteiger partial charge on any atom is 0.0998 e. The zero-order valence-electron chi connectivity index (χ0n) is 22.5. The molecule has 4 heteroatoms. The first kappa shape index (κ1) is 23.8. The van der Waals surface area contributed by atoms with Crippen LogP contribution in [0.15, 0.2) is 133 Å². The molecule has 0 aliphatic heterocycles. The highest BCUT2D eigenvalue weighted by atomic mass is 15.0. The van der Waals surface area contributed by atoms with E-state index in [1.165, 1.54) is 27.1 Å². The molecule has 0 aliphatic rings. The highest BCUT2D eigenvalue weighted by Gasteiger charge is 2.20. The molecule has 8 rings (SSSR count). The Balaban J connectivity index is 1.48. The molecule has 2 heterocycles. The third kappa shape index (κ3) is 3.33. The molecule has 42 heavy (non-hydrogen) atoms. The van der Waals surface area contributed by atoms with Crippen LogP contribution in [0.25, 0.3) is 66.1 Å². The van der Waals surface area contributed by atoms with Crippen LogP contribution in [-0.2, 0) is 0 Å². The molecule has 0 amide bonds. The number of nitrogens with zero attached hydrogens (tertiary/aromatic N) is 4. The number of benzene rings is 6. The molecule has 6 aromatic carbocycles. The van der Waals surface area contributed by atoms with Crippen molar-refractivity contribution in [1.29, 1.82) is 10.5 Å². The van der Waals surface area contributed by atoms with Crippen molar-refractivity contribution in [3.8, 4) is 34.6 Å². The first-order valence-electron chi connectivity index (χ1n) is 13.8. The second-order valence-electron chi connectivity index (χ2n) is 10.4. The number of rotatable bonds is 3. The fourth-order valence-corrected chi connectivity index (χ4v) is 6.50. The van der Waals surface area contributed by atoms with Crippen molar-refractivity contribution in [3.05, 3.63) is 145 Å². The van der Waals surface area contributed by atoms with Gasteiger partial charge in [0.25, 0.3) is 0 Å². The zero-order chi connectivity index (χ0) is 28.2. The van der Waals surface area contributed by atoms with E-state index < -0.39 is 0 Å². The van der Waals surface area contributed by atoms with E-state index in [0.29, 0.717) is 16.7 Å². The number of fused-ring (bicyclic) bond motifs is 7. The smallest absolute Gasteiger partial charge is 0.0998 e. The summed E-state index contributed by atoms with van der Waals surface area (Å²) in [6, 6.07) is 50.1. The molecule has 4 nitrogen and oxygen atoms in total. The zero-order valence-corrected chi connectivity index (χ0v) is 22.5. The minimum absolute atomic E-state index is 0.490. The van der Waals surface area contributed by atoms with E-state index >= 15 is 0 Å². The minimum atomic E-state index is 0.490. The van der Waals surface area contributed by atoms with E-state index in [1.807, 2.05) is 18.2 Å². The standard InChI is InChI=1S/C38H22N4/c39-23-26-11-8-12-27(24-40)36(26)25-10-9-15-29(22-25)42-33-19-7-5-17-31(33)38-35(42)21-20-34-37(38)30-16-4-6-18-32(30)41(34)28-13-2-1-3-14-28/h1-22H. The maximum atomic E-state index is 9.84. The second-order valence-corrected chi connectivity index (χ2v) is 10.4. The monoisotopic (exact) mass is 534 g/mol. The van der Waals surface area contributed by atoms with Crippen molar-refractivity contribution in [2.24, 2.45) is 0 Å². The molecule has 2 aromatic heterocycles. The normalized spacial score (nSPS) is 11.3. The molecule has 0 saturated carbocycles. The van der Waals surface area contributed by atoms with E-state index in [2.05, 4.69) is 118 Å². The Morgan fingerprint density at radius 3 is 1.52 bits per heavy atom. The molecule has 0 radical (unpaired) electrons.